The third-order valence-electron chi connectivity index (χ3n) is 3.63. The normalized spacial score (nSPS) is 16.1. The first kappa shape index (κ1) is 13.7. The Balaban J connectivity index is 1.61. The lowest BCUT2D eigenvalue weighted by atomic mass is 9.97. The number of hydrogen-bond acceptors (Lipinski definition) is 5. The first-order valence-corrected chi connectivity index (χ1v) is 7.18. The molecule has 2 amide bonds. The van der Waals surface area contributed by atoms with Gasteiger partial charge >= 0.3 is 6.03 Å². The molecular formula is C14H18N4O3. The van der Waals surface area contributed by atoms with Crippen LogP contribution in [-0.4, -0.2) is 40.8 Å². The van der Waals surface area contributed by atoms with Gasteiger partial charge in [0.1, 0.15) is 0 Å². The molecule has 0 saturated carbocycles. The molecule has 0 aliphatic carbocycles. The highest BCUT2D eigenvalue weighted by atomic mass is 16.4. The summed E-state index contributed by atoms with van der Waals surface area (Å²) in [5, 5.41) is 10.9. The Morgan fingerprint density at radius 2 is 2.24 bits per heavy atom. The molecule has 0 spiro atoms. The second-order valence-electron chi connectivity index (χ2n) is 5.02. The van der Waals surface area contributed by atoms with Gasteiger partial charge in [-0.1, -0.05) is 0 Å². The number of nitrogens with zero attached hydrogens (tertiary/aromatic N) is 3. The number of hydrogen-bond donors (Lipinski definition) is 1. The SMILES string of the molecule is CCNC(=O)N1CCC(c2nnc(-c3ccco3)o2)CC1. The lowest BCUT2D eigenvalue weighted by Crippen LogP contribution is -2.44. The number of furan rings is 1. The fraction of sp³-hybridized carbons (Fsp3) is 0.500. The maximum atomic E-state index is 11.8. The third-order valence-corrected chi connectivity index (χ3v) is 3.63. The van der Waals surface area contributed by atoms with E-state index in [4.69, 9.17) is 8.83 Å². The molecule has 1 aliphatic heterocycles. The van der Waals surface area contributed by atoms with E-state index in [1.54, 1.807) is 18.4 Å². The highest BCUT2D eigenvalue weighted by molar-refractivity contribution is 5.74. The van der Waals surface area contributed by atoms with Crippen LogP contribution in [0.5, 0.6) is 0 Å². The maximum Gasteiger partial charge on any atom is 0.317 e. The van der Waals surface area contributed by atoms with Crippen LogP contribution in [0.2, 0.25) is 0 Å². The van der Waals surface area contributed by atoms with Crippen molar-refractivity contribution in [2.45, 2.75) is 25.7 Å². The molecule has 7 heteroatoms. The van der Waals surface area contributed by atoms with Crippen molar-refractivity contribution in [3.63, 3.8) is 0 Å². The van der Waals surface area contributed by atoms with Crippen molar-refractivity contribution < 1.29 is 13.6 Å². The molecule has 0 aromatic carbocycles. The Labute approximate surface area is 122 Å². The molecule has 7 nitrogen and oxygen atoms in total. The maximum absolute atomic E-state index is 11.8. The summed E-state index contributed by atoms with van der Waals surface area (Å²) < 4.78 is 10.9. The molecule has 0 unspecified atom stereocenters. The molecule has 2 aromatic rings. The lowest BCUT2D eigenvalue weighted by Gasteiger charge is -2.30. The topological polar surface area (TPSA) is 84.4 Å². The Bertz CT molecular complexity index is 585. The van der Waals surface area contributed by atoms with E-state index in [1.807, 2.05) is 11.8 Å². The number of aromatic nitrogens is 2. The molecule has 0 atom stereocenters. The van der Waals surface area contributed by atoms with Crippen molar-refractivity contribution in [2.75, 3.05) is 19.6 Å². The molecule has 1 saturated heterocycles. The van der Waals surface area contributed by atoms with Gasteiger partial charge in [0, 0.05) is 25.6 Å². The minimum absolute atomic E-state index is 0.00208. The molecule has 3 heterocycles. The minimum Gasteiger partial charge on any atom is -0.459 e. The van der Waals surface area contributed by atoms with Gasteiger partial charge < -0.3 is 19.1 Å². The number of amides is 2. The van der Waals surface area contributed by atoms with Crippen LogP contribution in [0.1, 0.15) is 31.6 Å². The zero-order chi connectivity index (χ0) is 14.7. The Kier molecular flexibility index (Phi) is 3.89. The van der Waals surface area contributed by atoms with Gasteiger partial charge in [-0.15, -0.1) is 10.2 Å². The van der Waals surface area contributed by atoms with Gasteiger partial charge in [-0.25, -0.2) is 4.79 Å². The number of urea groups is 1. The predicted molar refractivity (Wildman–Crippen MR) is 74.6 cm³/mol. The first-order chi connectivity index (χ1) is 10.3. The van der Waals surface area contributed by atoms with Crippen molar-refractivity contribution in [1.82, 2.24) is 20.4 Å². The molecular weight excluding hydrogens is 272 g/mol. The van der Waals surface area contributed by atoms with Crippen molar-refractivity contribution in [2.24, 2.45) is 0 Å². The summed E-state index contributed by atoms with van der Waals surface area (Å²) in [5.41, 5.74) is 0. The fourth-order valence-corrected chi connectivity index (χ4v) is 2.49. The summed E-state index contributed by atoms with van der Waals surface area (Å²) in [7, 11) is 0. The Morgan fingerprint density at radius 1 is 1.43 bits per heavy atom. The van der Waals surface area contributed by atoms with Crippen molar-refractivity contribution >= 4 is 6.03 Å². The Morgan fingerprint density at radius 3 is 2.90 bits per heavy atom. The van der Waals surface area contributed by atoms with Gasteiger partial charge in [-0.05, 0) is 31.9 Å². The molecule has 1 aliphatic rings. The molecule has 1 N–H and O–H groups in total. The highest BCUT2D eigenvalue weighted by Crippen LogP contribution is 2.29. The first-order valence-electron chi connectivity index (χ1n) is 7.18. The number of likely N-dealkylation sites (tertiary alicyclic amines) is 1. The molecule has 112 valence electrons. The van der Waals surface area contributed by atoms with Crippen molar-refractivity contribution in [3.8, 4) is 11.7 Å². The summed E-state index contributed by atoms with van der Waals surface area (Å²) in [6, 6.07) is 3.57. The van der Waals surface area contributed by atoms with Crippen molar-refractivity contribution in [3.05, 3.63) is 24.3 Å². The van der Waals surface area contributed by atoms with Gasteiger partial charge in [-0.3, -0.25) is 0 Å². The molecule has 0 radical (unpaired) electrons. The van der Waals surface area contributed by atoms with E-state index >= 15 is 0 Å². The van der Waals surface area contributed by atoms with Gasteiger partial charge in [0.25, 0.3) is 5.89 Å². The summed E-state index contributed by atoms with van der Waals surface area (Å²) in [4.78, 5) is 13.6. The van der Waals surface area contributed by atoms with E-state index in [0.717, 1.165) is 12.8 Å². The van der Waals surface area contributed by atoms with Crippen LogP contribution in [0.15, 0.2) is 27.2 Å². The lowest BCUT2D eigenvalue weighted by molar-refractivity contribution is 0.178. The number of rotatable bonds is 3. The fourth-order valence-electron chi connectivity index (χ4n) is 2.49. The largest absolute Gasteiger partial charge is 0.459 e. The van der Waals surface area contributed by atoms with Crippen LogP contribution in [0.4, 0.5) is 4.79 Å². The van der Waals surface area contributed by atoms with E-state index in [1.165, 1.54) is 0 Å². The van der Waals surface area contributed by atoms with Gasteiger partial charge in [-0.2, -0.15) is 0 Å². The molecule has 2 aromatic heterocycles. The predicted octanol–water partition coefficient (Wildman–Crippen LogP) is 2.24. The Hall–Kier alpha value is -2.31. The van der Waals surface area contributed by atoms with E-state index in [0.29, 0.717) is 37.2 Å². The number of carbonyl (C=O) groups is 1. The van der Waals surface area contributed by atoms with Gasteiger partial charge in [0.15, 0.2) is 5.76 Å². The quantitative estimate of drug-likeness (QED) is 0.937. The van der Waals surface area contributed by atoms with Crippen LogP contribution in [0, 0.1) is 0 Å². The van der Waals surface area contributed by atoms with E-state index < -0.39 is 0 Å². The molecule has 21 heavy (non-hydrogen) atoms. The van der Waals surface area contributed by atoms with Gasteiger partial charge in [0.05, 0.1) is 6.26 Å². The van der Waals surface area contributed by atoms with Crippen LogP contribution in [0.25, 0.3) is 11.7 Å². The minimum atomic E-state index is -0.00208. The smallest absolute Gasteiger partial charge is 0.317 e. The summed E-state index contributed by atoms with van der Waals surface area (Å²) in [6.07, 6.45) is 3.23. The van der Waals surface area contributed by atoms with E-state index in [2.05, 4.69) is 15.5 Å². The number of nitrogens with one attached hydrogen (secondary N) is 1. The second-order valence-corrected chi connectivity index (χ2v) is 5.02. The zero-order valence-electron chi connectivity index (χ0n) is 11.9. The van der Waals surface area contributed by atoms with Gasteiger partial charge in [0.2, 0.25) is 5.89 Å². The zero-order valence-corrected chi connectivity index (χ0v) is 11.9. The molecule has 3 rings (SSSR count). The summed E-state index contributed by atoms with van der Waals surface area (Å²) in [5.74, 6) is 1.80. The second kappa shape index (κ2) is 5.99. The average Bonchev–Trinajstić information content (AvgIpc) is 3.19. The summed E-state index contributed by atoms with van der Waals surface area (Å²) in [6.45, 7) is 3.97. The number of piperidine rings is 1. The van der Waals surface area contributed by atoms with Crippen LogP contribution in [-0.2, 0) is 0 Å². The summed E-state index contributed by atoms with van der Waals surface area (Å²) >= 11 is 0. The third kappa shape index (κ3) is 2.91. The van der Waals surface area contributed by atoms with Crippen LogP contribution in [0.3, 0.4) is 0 Å². The van der Waals surface area contributed by atoms with E-state index in [-0.39, 0.29) is 11.9 Å². The average molecular weight is 290 g/mol. The van der Waals surface area contributed by atoms with Crippen LogP contribution < -0.4 is 5.32 Å². The van der Waals surface area contributed by atoms with E-state index in [9.17, 15) is 4.79 Å². The highest BCUT2D eigenvalue weighted by Gasteiger charge is 2.27. The standard InChI is InChI=1S/C14H18N4O3/c1-2-15-14(19)18-7-5-10(6-8-18)12-16-17-13(21-12)11-4-3-9-20-11/h3-4,9-10H,2,5-8H2,1H3,(H,15,19). The molecule has 1 fully saturated rings. The van der Waals surface area contributed by atoms with Crippen LogP contribution >= 0.6 is 0 Å². The van der Waals surface area contributed by atoms with Crippen molar-refractivity contribution in [1.29, 1.82) is 0 Å². The molecule has 0 bridgehead atoms. The monoisotopic (exact) mass is 290 g/mol. The number of carbonyl (C=O) groups excluding carboxylic acids is 1.